The minimum absolute atomic E-state index is 0. The van der Waals surface area contributed by atoms with Gasteiger partial charge in [-0.3, -0.25) is 0 Å². The summed E-state index contributed by atoms with van der Waals surface area (Å²) in [7, 11) is 0. The van der Waals surface area contributed by atoms with E-state index < -0.39 is 0 Å². The molecule has 0 amide bonds. The van der Waals surface area contributed by atoms with E-state index in [4.69, 9.17) is 0 Å². The number of rotatable bonds is 6. The highest BCUT2D eigenvalue weighted by Crippen LogP contribution is 2.16. The number of thiophene rings is 1. The fourth-order valence-electron chi connectivity index (χ4n) is 1.50. The SMILES string of the molecule is CC=CCCNC(=NCc1sccc1C)NCC.I. The molecule has 0 aliphatic heterocycles. The van der Waals surface area contributed by atoms with Crippen LogP contribution in [0, 0.1) is 6.92 Å². The number of hydrogen-bond donors (Lipinski definition) is 2. The molecule has 5 heteroatoms. The van der Waals surface area contributed by atoms with Crippen LogP contribution in [0.4, 0.5) is 0 Å². The molecule has 1 aromatic rings. The Morgan fingerprint density at radius 1 is 1.42 bits per heavy atom. The molecular formula is C14H24IN3S. The summed E-state index contributed by atoms with van der Waals surface area (Å²) in [5.74, 6) is 0.898. The first-order chi connectivity index (χ1) is 8.77. The van der Waals surface area contributed by atoms with Crippen LogP contribution in [-0.4, -0.2) is 19.0 Å². The first-order valence-electron chi connectivity index (χ1n) is 6.44. The minimum atomic E-state index is 0. The molecule has 1 heterocycles. The lowest BCUT2D eigenvalue weighted by atomic mass is 10.3. The third-order valence-electron chi connectivity index (χ3n) is 2.53. The molecule has 0 aliphatic rings. The van der Waals surface area contributed by atoms with E-state index >= 15 is 0 Å². The predicted octanol–water partition coefficient (Wildman–Crippen LogP) is 3.70. The summed E-state index contributed by atoms with van der Waals surface area (Å²) in [6, 6.07) is 2.14. The number of allylic oxidation sites excluding steroid dienone is 1. The van der Waals surface area contributed by atoms with Gasteiger partial charge in [0.2, 0.25) is 0 Å². The van der Waals surface area contributed by atoms with Gasteiger partial charge in [-0.2, -0.15) is 0 Å². The molecule has 0 saturated heterocycles. The number of hydrogen-bond acceptors (Lipinski definition) is 2. The van der Waals surface area contributed by atoms with Gasteiger partial charge in [-0.1, -0.05) is 12.2 Å². The van der Waals surface area contributed by atoms with Crippen LogP contribution in [0.3, 0.4) is 0 Å². The van der Waals surface area contributed by atoms with Crippen molar-refractivity contribution < 1.29 is 0 Å². The van der Waals surface area contributed by atoms with Crippen molar-refractivity contribution in [3.05, 3.63) is 34.0 Å². The van der Waals surface area contributed by atoms with Crippen molar-refractivity contribution in [3.63, 3.8) is 0 Å². The number of aryl methyl sites for hydroxylation is 1. The second-order valence-corrected chi connectivity index (χ2v) is 5.01. The third-order valence-corrected chi connectivity index (χ3v) is 3.54. The molecule has 1 aromatic heterocycles. The maximum atomic E-state index is 4.60. The monoisotopic (exact) mass is 393 g/mol. The molecule has 19 heavy (non-hydrogen) atoms. The smallest absolute Gasteiger partial charge is 0.191 e. The summed E-state index contributed by atoms with van der Waals surface area (Å²) in [6.45, 7) is 8.81. The number of nitrogens with zero attached hydrogens (tertiary/aromatic N) is 1. The van der Waals surface area contributed by atoms with Crippen molar-refractivity contribution in [2.75, 3.05) is 13.1 Å². The average molecular weight is 393 g/mol. The van der Waals surface area contributed by atoms with Crippen LogP contribution < -0.4 is 10.6 Å². The van der Waals surface area contributed by atoms with E-state index in [9.17, 15) is 0 Å². The summed E-state index contributed by atoms with van der Waals surface area (Å²) in [5.41, 5.74) is 1.33. The van der Waals surface area contributed by atoms with E-state index in [1.165, 1.54) is 10.4 Å². The molecule has 0 saturated carbocycles. The number of halogens is 1. The van der Waals surface area contributed by atoms with E-state index in [-0.39, 0.29) is 24.0 Å². The quantitative estimate of drug-likeness (QED) is 0.254. The van der Waals surface area contributed by atoms with E-state index in [2.05, 4.69) is 53.1 Å². The fourth-order valence-corrected chi connectivity index (χ4v) is 2.33. The van der Waals surface area contributed by atoms with Crippen LogP contribution in [0.1, 0.15) is 30.7 Å². The number of aliphatic imine (C=N–C) groups is 1. The summed E-state index contributed by atoms with van der Waals surface area (Å²) in [4.78, 5) is 5.93. The van der Waals surface area contributed by atoms with Crippen molar-refractivity contribution in [3.8, 4) is 0 Å². The number of nitrogens with one attached hydrogen (secondary N) is 2. The first kappa shape index (κ1) is 18.4. The molecule has 3 nitrogen and oxygen atoms in total. The zero-order valence-corrected chi connectivity index (χ0v) is 15.0. The number of guanidine groups is 1. The van der Waals surface area contributed by atoms with E-state index in [0.717, 1.165) is 32.0 Å². The van der Waals surface area contributed by atoms with Gasteiger partial charge in [0.05, 0.1) is 6.54 Å². The summed E-state index contributed by atoms with van der Waals surface area (Å²) in [6.07, 6.45) is 5.25. The molecule has 0 atom stereocenters. The van der Waals surface area contributed by atoms with Crippen molar-refractivity contribution in [1.82, 2.24) is 10.6 Å². The lowest BCUT2D eigenvalue weighted by molar-refractivity contribution is 0.811. The molecule has 0 radical (unpaired) electrons. The normalized spacial score (nSPS) is 11.4. The lowest BCUT2D eigenvalue weighted by Crippen LogP contribution is -2.37. The lowest BCUT2D eigenvalue weighted by Gasteiger charge is -2.10. The van der Waals surface area contributed by atoms with E-state index in [1.807, 2.05) is 6.92 Å². The average Bonchev–Trinajstić information content (AvgIpc) is 2.77. The minimum Gasteiger partial charge on any atom is -0.357 e. The molecule has 0 aliphatic carbocycles. The highest BCUT2D eigenvalue weighted by molar-refractivity contribution is 14.0. The van der Waals surface area contributed by atoms with Gasteiger partial charge in [-0.15, -0.1) is 35.3 Å². The topological polar surface area (TPSA) is 36.4 Å². The second kappa shape index (κ2) is 11.3. The Morgan fingerprint density at radius 3 is 2.79 bits per heavy atom. The van der Waals surface area contributed by atoms with Crippen molar-refractivity contribution in [1.29, 1.82) is 0 Å². The van der Waals surface area contributed by atoms with Crippen molar-refractivity contribution >= 4 is 41.3 Å². The molecule has 0 bridgehead atoms. The van der Waals surface area contributed by atoms with Crippen LogP contribution in [0.5, 0.6) is 0 Å². The highest BCUT2D eigenvalue weighted by atomic mass is 127. The summed E-state index contributed by atoms with van der Waals surface area (Å²) in [5, 5.41) is 8.71. The largest absolute Gasteiger partial charge is 0.357 e. The van der Waals surface area contributed by atoms with Gasteiger partial charge in [0, 0.05) is 18.0 Å². The molecule has 1 rings (SSSR count). The Bertz CT molecular complexity index is 399. The van der Waals surface area contributed by atoms with Gasteiger partial charge in [-0.25, -0.2) is 4.99 Å². The first-order valence-corrected chi connectivity index (χ1v) is 7.32. The molecule has 0 aromatic carbocycles. The van der Waals surface area contributed by atoms with Crippen LogP contribution in [0.25, 0.3) is 0 Å². The van der Waals surface area contributed by atoms with Gasteiger partial charge >= 0.3 is 0 Å². The molecule has 0 spiro atoms. The molecule has 0 unspecified atom stereocenters. The van der Waals surface area contributed by atoms with Crippen LogP contribution in [-0.2, 0) is 6.54 Å². The van der Waals surface area contributed by atoms with Crippen molar-refractivity contribution in [2.24, 2.45) is 4.99 Å². The Balaban J connectivity index is 0.00000324. The zero-order chi connectivity index (χ0) is 13.2. The maximum Gasteiger partial charge on any atom is 0.191 e. The van der Waals surface area contributed by atoms with Gasteiger partial charge in [0.1, 0.15) is 0 Å². The van der Waals surface area contributed by atoms with Gasteiger partial charge in [-0.05, 0) is 44.2 Å². The Hall–Kier alpha value is -0.560. The van der Waals surface area contributed by atoms with E-state index in [1.54, 1.807) is 11.3 Å². The van der Waals surface area contributed by atoms with Crippen molar-refractivity contribution in [2.45, 2.75) is 33.7 Å². The molecule has 0 fully saturated rings. The standard InChI is InChI=1S/C14H23N3S.HI/c1-4-6-7-9-16-14(15-5-2)17-11-13-12(3)8-10-18-13;/h4,6,8,10H,5,7,9,11H2,1-3H3,(H2,15,16,17);1H. The molecular weight excluding hydrogens is 369 g/mol. The zero-order valence-electron chi connectivity index (χ0n) is 11.9. The maximum absolute atomic E-state index is 4.60. The Labute approximate surface area is 137 Å². The summed E-state index contributed by atoms with van der Waals surface area (Å²) < 4.78 is 0. The van der Waals surface area contributed by atoms with Crippen LogP contribution in [0.2, 0.25) is 0 Å². The predicted molar refractivity (Wildman–Crippen MR) is 96.7 cm³/mol. The Kier molecular flexibility index (Phi) is 10.9. The van der Waals surface area contributed by atoms with E-state index in [0.29, 0.717) is 0 Å². The van der Waals surface area contributed by atoms with Gasteiger partial charge in [0.25, 0.3) is 0 Å². The van der Waals surface area contributed by atoms with Gasteiger partial charge in [0.15, 0.2) is 5.96 Å². The summed E-state index contributed by atoms with van der Waals surface area (Å²) >= 11 is 1.77. The fraction of sp³-hybridized carbons (Fsp3) is 0.500. The highest BCUT2D eigenvalue weighted by Gasteiger charge is 2.00. The van der Waals surface area contributed by atoms with Crippen LogP contribution >= 0.6 is 35.3 Å². The Morgan fingerprint density at radius 2 is 2.21 bits per heavy atom. The molecule has 108 valence electrons. The van der Waals surface area contributed by atoms with Crippen LogP contribution in [0.15, 0.2) is 28.6 Å². The molecule has 2 N–H and O–H groups in total. The second-order valence-electron chi connectivity index (χ2n) is 4.01. The van der Waals surface area contributed by atoms with Gasteiger partial charge < -0.3 is 10.6 Å². The third kappa shape index (κ3) is 7.57.